The number of piperazine rings is 1. The van der Waals surface area contributed by atoms with Crippen LogP contribution in [-0.4, -0.2) is 101 Å². The molecule has 1 aromatic heterocycles. The van der Waals surface area contributed by atoms with E-state index in [1.807, 2.05) is 29.2 Å². The standard InChI is InChI=1S/C25H34N4O4S/c1-32-15-5-8-26-23(30)19-27-9-11-28(12-10-27)24(31)22-18-21(20-6-3-2-4-7-20)25(34-22)29-13-16-33-17-14-29/h2-4,6-7,18H,5,8-17,19H2,1H3,(H,26,30). The van der Waals surface area contributed by atoms with Crippen LogP contribution in [0.3, 0.4) is 0 Å². The molecule has 8 nitrogen and oxygen atoms in total. The van der Waals surface area contributed by atoms with Crippen molar-refractivity contribution in [2.24, 2.45) is 0 Å². The van der Waals surface area contributed by atoms with E-state index in [0.29, 0.717) is 59.1 Å². The predicted molar refractivity (Wildman–Crippen MR) is 135 cm³/mol. The number of ether oxygens (including phenoxy) is 2. The molecule has 0 aliphatic carbocycles. The van der Waals surface area contributed by atoms with E-state index >= 15 is 0 Å². The van der Waals surface area contributed by atoms with E-state index in [2.05, 4.69) is 27.2 Å². The Kier molecular flexibility index (Phi) is 8.92. The molecule has 2 aliphatic heterocycles. The van der Waals surface area contributed by atoms with Gasteiger partial charge in [0.1, 0.15) is 0 Å². The predicted octanol–water partition coefficient (Wildman–Crippen LogP) is 2.16. The van der Waals surface area contributed by atoms with Crippen LogP contribution in [0.2, 0.25) is 0 Å². The van der Waals surface area contributed by atoms with E-state index in [9.17, 15) is 9.59 Å². The molecular formula is C25H34N4O4S. The lowest BCUT2D eigenvalue weighted by Gasteiger charge is -2.34. The Balaban J connectivity index is 1.38. The molecule has 2 amide bonds. The summed E-state index contributed by atoms with van der Waals surface area (Å²) in [6.07, 6.45) is 0.808. The Morgan fingerprint density at radius 3 is 2.50 bits per heavy atom. The minimum Gasteiger partial charge on any atom is -0.385 e. The minimum atomic E-state index is 0.0248. The molecule has 34 heavy (non-hydrogen) atoms. The lowest BCUT2D eigenvalue weighted by molar-refractivity contribution is -0.122. The molecule has 2 fully saturated rings. The zero-order valence-electron chi connectivity index (χ0n) is 19.8. The number of amides is 2. The van der Waals surface area contributed by atoms with Crippen molar-refractivity contribution >= 4 is 28.2 Å². The molecule has 1 aromatic carbocycles. The summed E-state index contributed by atoms with van der Waals surface area (Å²) in [5.41, 5.74) is 2.24. The Morgan fingerprint density at radius 2 is 1.79 bits per heavy atom. The summed E-state index contributed by atoms with van der Waals surface area (Å²) < 4.78 is 10.5. The topological polar surface area (TPSA) is 74.4 Å². The largest absolute Gasteiger partial charge is 0.385 e. The number of carbonyl (C=O) groups is 2. The van der Waals surface area contributed by atoms with Gasteiger partial charge in [0.05, 0.1) is 29.6 Å². The molecule has 0 radical (unpaired) electrons. The van der Waals surface area contributed by atoms with Gasteiger partial charge in [0.15, 0.2) is 0 Å². The Labute approximate surface area is 205 Å². The second-order valence-corrected chi connectivity index (χ2v) is 9.59. The first-order valence-electron chi connectivity index (χ1n) is 11.9. The molecular weight excluding hydrogens is 452 g/mol. The van der Waals surface area contributed by atoms with Gasteiger partial charge in [0, 0.05) is 65.1 Å². The fourth-order valence-corrected chi connectivity index (χ4v) is 5.48. The van der Waals surface area contributed by atoms with Crippen LogP contribution < -0.4 is 10.2 Å². The van der Waals surface area contributed by atoms with Gasteiger partial charge in [-0.25, -0.2) is 0 Å². The molecule has 0 unspecified atom stereocenters. The molecule has 2 saturated heterocycles. The fraction of sp³-hybridized carbons (Fsp3) is 0.520. The lowest BCUT2D eigenvalue weighted by Crippen LogP contribution is -2.51. The van der Waals surface area contributed by atoms with Gasteiger partial charge >= 0.3 is 0 Å². The number of carbonyl (C=O) groups excluding carboxylic acids is 2. The van der Waals surface area contributed by atoms with Crippen molar-refractivity contribution in [3.8, 4) is 11.1 Å². The van der Waals surface area contributed by atoms with Gasteiger partial charge in [-0.1, -0.05) is 30.3 Å². The maximum Gasteiger partial charge on any atom is 0.264 e. The van der Waals surface area contributed by atoms with Crippen LogP contribution >= 0.6 is 11.3 Å². The number of anilines is 1. The molecule has 0 saturated carbocycles. The summed E-state index contributed by atoms with van der Waals surface area (Å²) in [4.78, 5) is 32.7. The van der Waals surface area contributed by atoms with Crippen LogP contribution in [0.15, 0.2) is 36.4 Å². The SMILES string of the molecule is COCCCNC(=O)CN1CCN(C(=O)c2cc(-c3ccccc3)c(N3CCOCC3)s2)CC1. The molecule has 2 aliphatic rings. The van der Waals surface area contributed by atoms with Crippen molar-refractivity contribution in [2.75, 3.05) is 84.2 Å². The maximum absolute atomic E-state index is 13.4. The minimum absolute atomic E-state index is 0.0248. The number of nitrogens with zero attached hydrogens (tertiary/aromatic N) is 3. The number of rotatable bonds is 9. The highest BCUT2D eigenvalue weighted by Gasteiger charge is 2.27. The van der Waals surface area contributed by atoms with E-state index in [-0.39, 0.29) is 11.8 Å². The average molecular weight is 487 g/mol. The number of morpholine rings is 1. The second-order valence-electron chi connectivity index (χ2n) is 8.56. The van der Waals surface area contributed by atoms with Crippen LogP contribution in [0.4, 0.5) is 5.00 Å². The number of thiophene rings is 1. The smallest absolute Gasteiger partial charge is 0.264 e. The van der Waals surface area contributed by atoms with Gasteiger partial charge in [0.25, 0.3) is 5.91 Å². The zero-order chi connectivity index (χ0) is 23.8. The Hall–Kier alpha value is -2.46. The summed E-state index contributed by atoms with van der Waals surface area (Å²) in [6, 6.07) is 12.3. The number of hydrogen-bond donors (Lipinski definition) is 1. The zero-order valence-corrected chi connectivity index (χ0v) is 20.6. The number of methoxy groups -OCH3 is 1. The van der Waals surface area contributed by atoms with Crippen molar-refractivity contribution in [3.63, 3.8) is 0 Å². The molecule has 2 aromatic rings. The van der Waals surface area contributed by atoms with E-state index in [1.54, 1.807) is 18.4 Å². The van der Waals surface area contributed by atoms with Gasteiger partial charge in [-0.3, -0.25) is 14.5 Å². The third-order valence-electron chi connectivity index (χ3n) is 6.18. The fourth-order valence-electron chi connectivity index (χ4n) is 4.28. The van der Waals surface area contributed by atoms with E-state index in [4.69, 9.17) is 9.47 Å². The lowest BCUT2D eigenvalue weighted by atomic mass is 10.1. The highest BCUT2D eigenvalue weighted by atomic mass is 32.1. The third kappa shape index (κ3) is 6.35. The average Bonchev–Trinajstić information content (AvgIpc) is 3.33. The maximum atomic E-state index is 13.4. The quantitative estimate of drug-likeness (QED) is 0.548. The van der Waals surface area contributed by atoms with Gasteiger partial charge in [0.2, 0.25) is 5.91 Å². The van der Waals surface area contributed by atoms with Crippen LogP contribution in [0, 0.1) is 0 Å². The van der Waals surface area contributed by atoms with Crippen molar-refractivity contribution in [1.82, 2.24) is 15.1 Å². The van der Waals surface area contributed by atoms with Crippen molar-refractivity contribution < 1.29 is 19.1 Å². The molecule has 4 rings (SSSR count). The van der Waals surface area contributed by atoms with E-state index in [1.165, 1.54) is 0 Å². The van der Waals surface area contributed by atoms with Crippen LogP contribution in [0.25, 0.3) is 11.1 Å². The summed E-state index contributed by atoms with van der Waals surface area (Å²) in [5, 5.41) is 4.07. The first kappa shape index (κ1) is 24.7. The molecule has 1 N–H and O–H groups in total. The van der Waals surface area contributed by atoms with Crippen LogP contribution in [0.5, 0.6) is 0 Å². The van der Waals surface area contributed by atoms with Crippen molar-refractivity contribution in [1.29, 1.82) is 0 Å². The normalized spacial score (nSPS) is 17.1. The van der Waals surface area contributed by atoms with Gasteiger partial charge in [-0.2, -0.15) is 0 Å². The molecule has 0 bridgehead atoms. The van der Waals surface area contributed by atoms with Crippen LogP contribution in [-0.2, 0) is 14.3 Å². The van der Waals surface area contributed by atoms with Gasteiger partial charge in [-0.15, -0.1) is 11.3 Å². The van der Waals surface area contributed by atoms with Gasteiger partial charge in [-0.05, 0) is 18.1 Å². The summed E-state index contributed by atoms with van der Waals surface area (Å²) in [6.45, 7) is 7.36. The monoisotopic (exact) mass is 486 g/mol. The highest BCUT2D eigenvalue weighted by Crippen LogP contribution is 2.40. The third-order valence-corrected chi connectivity index (χ3v) is 7.36. The van der Waals surface area contributed by atoms with E-state index < -0.39 is 0 Å². The molecule has 184 valence electrons. The summed E-state index contributed by atoms with van der Waals surface area (Å²) in [7, 11) is 1.66. The van der Waals surface area contributed by atoms with Crippen molar-refractivity contribution in [2.45, 2.75) is 6.42 Å². The Morgan fingerprint density at radius 1 is 1.06 bits per heavy atom. The summed E-state index contributed by atoms with van der Waals surface area (Å²) in [5.74, 6) is 0.0992. The first-order valence-corrected chi connectivity index (χ1v) is 12.8. The number of hydrogen-bond acceptors (Lipinski definition) is 7. The molecule has 3 heterocycles. The second kappa shape index (κ2) is 12.3. The van der Waals surface area contributed by atoms with Gasteiger partial charge < -0.3 is 24.6 Å². The Bertz CT molecular complexity index is 938. The van der Waals surface area contributed by atoms with E-state index in [0.717, 1.165) is 40.5 Å². The molecule has 0 spiro atoms. The first-order chi connectivity index (χ1) is 16.7. The summed E-state index contributed by atoms with van der Waals surface area (Å²) >= 11 is 1.58. The van der Waals surface area contributed by atoms with Crippen molar-refractivity contribution in [3.05, 3.63) is 41.3 Å². The number of nitrogens with one attached hydrogen (secondary N) is 1. The highest BCUT2D eigenvalue weighted by molar-refractivity contribution is 7.18. The molecule has 0 atom stereocenters. The van der Waals surface area contributed by atoms with Crippen LogP contribution in [0.1, 0.15) is 16.1 Å². The number of benzene rings is 1. The molecule has 9 heteroatoms.